The molecule has 0 atom stereocenters. The molecule has 3 aliphatic heterocycles. The number of benzene rings is 2. The van der Waals surface area contributed by atoms with Gasteiger partial charge in [0, 0.05) is 44.8 Å². The maximum absolute atomic E-state index is 13.5. The first-order valence-corrected chi connectivity index (χ1v) is 15.5. The van der Waals surface area contributed by atoms with Gasteiger partial charge in [-0.1, -0.05) is 18.6 Å². The Kier molecular flexibility index (Phi) is 10.3. The molecule has 2 aromatic carbocycles. The van der Waals surface area contributed by atoms with Crippen molar-refractivity contribution in [2.24, 2.45) is 4.99 Å². The molecule has 0 saturated carbocycles. The van der Waals surface area contributed by atoms with Gasteiger partial charge in [0.25, 0.3) is 5.91 Å². The Morgan fingerprint density at radius 1 is 0.844 bits per heavy atom. The summed E-state index contributed by atoms with van der Waals surface area (Å²) >= 11 is 1.29. The van der Waals surface area contributed by atoms with Gasteiger partial charge in [-0.2, -0.15) is 31.3 Å². The number of alkyl halides is 6. The molecule has 2 fully saturated rings. The van der Waals surface area contributed by atoms with Gasteiger partial charge in [-0.05, 0) is 73.6 Å². The molecule has 2 aromatic rings. The van der Waals surface area contributed by atoms with Crippen LogP contribution in [0.25, 0.3) is 6.08 Å². The van der Waals surface area contributed by atoms with Crippen LogP contribution < -0.4 is 9.47 Å². The van der Waals surface area contributed by atoms with Crippen molar-refractivity contribution < 1.29 is 40.6 Å². The zero-order valence-electron chi connectivity index (χ0n) is 24.7. The average molecular weight is 657 g/mol. The maximum Gasteiger partial charge on any atom is 0.416 e. The van der Waals surface area contributed by atoms with Crippen LogP contribution in [0.3, 0.4) is 0 Å². The monoisotopic (exact) mass is 656 g/mol. The fourth-order valence-corrected chi connectivity index (χ4v) is 6.47. The smallest absolute Gasteiger partial charge is 0.416 e. The van der Waals surface area contributed by atoms with Crippen molar-refractivity contribution in [1.82, 2.24) is 14.7 Å². The van der Waals surface area contributed by atoms with Gasteiger partial charge in [0.1, 0.15) is 6.61 Å². The summed E-state index contributed by atoms with van der Waals surface area (Å²) in [7, 11) is 1.35. The summed E-state index contributed by atoms with van der Waals surface area (Å²) in [6.45, 7) is 7.19. The molecule has 2 saturated heterocycles. The lowest BCUT2D eigenvalue weighted by Gasteiger charge is -2.36. The van der Waals surface area contributed by atoms with Crippen LogP contribution in [0.4, 0.5) is 26.3 Å². The summed E-state index contributed by atoms with van der Waals surface area (Å²) in [5, 5.41) is 0.658. The molecular weight excluding hydrogens is 622 g/mol. The fraction of sp³-hybridized carbons (Fsp3) is 0.484. The summed E-state index contributed by atoms with van der Waals surface area (Å²) in [5.41, 5.74) is -2.70. The van der Waals surface area contributed by atoms with Crippen molar-refractivity contribution in [2.75, 3.05) is 59.5 Å². The normalized spacial score (nSPS) is 19.7. The van der Waals surface area contributed by atoms with E-state index in [4.69, 9.17) is 9.47 Å². The summed E-state index contributed by atoms with van der Waals surface area (Å²) in [6, 6.07) is 6.06. The third-order valence-electron chi connectivity index (χ3n) is 8.04. The second-order valence-electron chi connectivity index (χ2n) is 11.1. The minimum Gasteiger partial charge on any atom is -0.493 e. The number of halogens is 6. The van der Waals surface area contributed by atoms with Crippen molar-refractivity contribution in [1.29, 1.82) is 0 Å². The van der Waals surface area contributed by atoms with Gasteiger partial charge < -0.3 is 19.3 Å². The standard InChI is InChI=1S/C31H34F6N4O3S/c1-43-26-17-21(5-8-25(26)44-20-22-6-7-23(30(32,33)34)19-24(22)31(35,36)37)18-27-28(42)38-29(45-27)41-15-13-40(14-16-41)12-11-39-9-3-2-4-10-39/h5-8,17-19H,2-4,9-16,20H2,1H3/b27-18-. The number of aliphatic imine (C=N–C) groups is 1. The van der Waals surface area contributed by atoms with Crippen molar-refractivity contribution in [3.8, 4) is 11.5 Å². The number of likely N-dealkylation sites (tertiary alicyclic amines) is 1. The number of rotatable bonds is 8. The molecule has 0 aromatic heterocycles. The Balaban J connectivity index is 1.18. The third kappa shape index (κ3) is 8.53. The SMILES string of the molecule is COc1cc(/C=C2\SC(N3CCN(CCN4CCCCC4)CC3)=NC2=O)ccc1OCc1ccc(C(F)(F)F)cc1C(F)(F)F. The van der Waals surface area contributed by atoms with Crippen molar-refractivity contribution in [2.45, 2.75) is 38.2 Å². The lowest BCUT2D eigenvalue weighted by atomic mass is 10.0. The fourth-order valence-electron chi connectivity index (χ4n) is 5.50. The molecule has 3 aliphatic rings. The van der Waals surface area contributed by atoms with Crippen molar-refractivity contribution >= 4 is 28.9 Å². The molecule has 3 heterocycles. The quantitative estimate of drug-likeness (QED) is 0.241. The van der Waals surface area contributed by atoms with E-state index in [1.54, 1.807) is 18.2 Å². The van der Waals surface area contributed by atoms with Gasteiger partial charge in [0.15, 0.2) is 16.7 Å². The predicted octanol–water partition coefficient (Wildman–Crippen LogP) is 6.39. The number of ether oxygens (including phenoxy) is 2. The zero-order chi connectivity index (χ0) is 32.2. The van der Waals surface area contributed by atoms with Crippen LogP contribution in [0.5, 0.6) is 11.5 Å². The van der Waals surface area contributed by atoms with E-state index >= 15 is 0 Å². The van der Waals surface area contributed by atoms with E-state index in [1.807, 2.05) is 0 Å². The Bertz CT molecular complexity index is 1430. The molecule has 0 N–H and O–H groups in total. The minimum atomic E-state index is -5.01. The number of methoxy groups -OCH3 is 1. The lowest BCUT2D eigenvalue weighted by molar-refractivity contribution is -0.143. The van der Waals surface area contributed by atoms with E-state index in [1.165, 1.54) is 57.3 Å². The number of carbonyl (C=O) groups is 1. The molecule has 14 heteroatoms. The second-order valence-corrected chi connectivity index (χ2v) is 12.1. The van der Waals surface area contributed by atoms with E-state index in [0.717, 1.165) is 45.3 Å². The van der Waals surface area contributed by atoms with E-state index in [2.05, 4.69) is 19.7 Å². The Morgan fingerprint density at radius 2 is 1.53 bits per heavy atom. The highest BCUT2D eigenvalue weighted by molar-refractivity contribution is 8.18. The van der Waals surface area contributed by atoms with Crippen LogP contribution in [0, 0.1) is 0 Å². The number of amidine groups is 1. The van der Waals surface area contributed by atoms with Gasteiger partial charge in [0.05, 0.1) is 23.1 Å². The number of nitrogens with zero attached hydrogens (tertiary/aromatic N) is 4. The van der Waals surface area contributed by atoms with Gasteiger partial charge in [0.2, 0.25) is 0 Å². The van der Waals surface area contributed by atoms with E-state index in [-0.39, 0.29) is 23.5 Å². The number of hydrogen-bond donors (Lipinski definition) is 0. The van der Waals surface area contributed by atoms with E-state index in [0.29, 0.717) is 21.7 Å². The van der Waals surface area contributed by atoms with E-state index in [9.17, 15) is 31.1 Å². The van der Waals surface area contributed by atoms with Gasteiger partial charge in [-0.3, -0.25) is 9.69 Å². The number of thioether (sulfide) groups is 1. The van der Waals surface area contributed by atoms with Crippen LogP contribution >= 0.6 is 11.8 Å². The third-order valence-corrected chi connectivity index (χ3v) is 9.09. The van der Waals surface area contributed by atoms with Crippen LogP contribution in [-0.4, -0.2) is 85.2 Å². The predicted molar refractivity (Wildman–Crippen MR) is 160 cm³/mol. The zero-order valence-corrected chi connectivity index (χ0v) is 25.5. The van der Waals surface area contributed by atoms with Crippen LogP contribution in [-0.2, 0) is 23.8 Å². The Labute approximate surface area is 261 Å². The first-order chi connectivity index (χ1) is 21.4. The Morgan fingerprint density at radius 3 is 2.18 bits per heavy atom. The van der Waals surface area contributed by atoms with Crippen LogP contribution in [0.1, 0.15) is 41.5 Å². The van der Waals surface area contributed by atoms with E-state index < -0.39 is 35.6 Å². The molecular formula is C31H34F6N4O3S. The second kappa shape index (κ2) is 14.0. The summed E-state index contributed by atoms with van der Waals surface area (Å²) in [4.78, 5) is 24.5. The molecule has 7 nitrogen and oxygen atoms in total. The highest BCUT2D eigenvalue weighted by atomic mass is 32.2. The van der Waals surface area contributed by atoms with Crippen LogP contribution in [0.15, 0.2) is 46.3 Å². The van der Waals surface area contributed by atoms with Gasteiger partial charge in [-0.15, -0.1) is 0 Å². The number of piperazine rings is 1. The highest BCUT2D eigenvalue weighted by Gasteiger charge is 2.38. The molecule has 0 spiro atoms. The largest absolute Gasteiger partial charge is 0.493 e. The molecule has 5 rings (SSSR count). The van der Waals surface area contributed by atoms with Crippen molar-refractivity contribution in [3.05, 3.63) is 63.6 Å². The first kappa shape index (κ1) is 33.1. The maximum atomic E-state index is 13.5. The number of amides is 1. The molecule has 0 radical (unpaired) electrons. The molecule has 0 bridgehead atoms. The summed E-state index contributed by atoms with van der Waals surface area (Å²) < 4.78 is 90.5. The minimum absolute atomic E-state index is 0.0776. The first-order valence-electron chi connectivity index (χ1n) is 14.7. The molecule has 244 valence electrons. The number of hydrogen-bond acceptors (Lipinski definition) is 7. The molecule has 0 aliphatic carbocycles. The topological polar surface area (TPSA) is 57.6 Å². The number of carbonyl (C=O) groups excluding carboxylic acids is 1. The molecule has 1 amide bonds. The molecule has 45 heavy (non-hydrogen) atoms. The van der Waals surface area contributed by atoms with Crippen molar-refractivity contribution in [3.63, 3.8) is 0 Å². The lowest BCUT2D eigenvalue weighted by Crippen LogP contribution is -2.49. The molecule has 0 unspecified atom stereocenters. The van der Waals surface area contributed by atoms with Gasteiger partial charge in [-0.25, -0.2) is 0 Å². The Hall–Kier alpha value is -3.23. The van der Waals surface area contributed by atoms with Crippen LogP contribution in [0.2, 0.25) is 0 Å². The average Bonchev–Trinajstić information content (AvgIpc) is 3.38. The summed E-state index contributed by atoms with van der Waals surface area (Å²) in [5.74, 6) is -0.0842. The highest BCUT2D eigenvalue weighted by Crippen LogP contribution is 2.39. The number of piperidine rings is 1. The van der Waals surface area contributed by atoms with Gasteiger partial charge >= 0.3 is 12.4 Å². The summed E-state index contributed by atoms with van der Waals surface area (Å²) in [6.07, 6.45) is -4.40.